The van der Waals surface area contributed by atoms with Crippen molar-refractivity contribution in [2.75, 3.05) is 5.32 Å². The Kier molecular flexibility index (Phi) is 3.95. The van der Waals surface area contributed by atoms with E-state index >= 15 is 0 Å². The second-order valence-electron chi connectivity index (χ2n) is 4.03. The summed E-state index contributed by atoms with van der Waals surface area (Å²) < 4.78 is 13.5. The van der Waals surface area contributed by atoms with Crippen molar-refractivity contribution in [1.82, 2.24) is 0 Å². The molecule has 0 heterocycles. The van der Waals surface area contributed by atoms with E-state index in [1.165, 1.54) is 12.1 Å². The van der Waals surface area contributed by atoms with Crippen LogP contribution in [0.2, 0.25) is 0 Å². The number of hydrogen-bond donors (Lipinski definition) is 3. The van der Waals surface area contributed by atoms with Gasteiger partial charge in [0.2, 0.25) is 0 Å². The van der Waals surface area contributed by atoms with Gasteiger partial charge in [-0.15, -0.1) is 0 Å². The van der Waals surface area contributed by atoms with Crippen LogP contribution in [0.3, 0.4) is 0 Å². The Morgan fingerprint density at radius 2 is 1.85 bits per heavy atom. The minimum Gasteiger partial charge on any atom is -0.507 e. The van der Waals surface area contributed by atoms with Gasteiger partial charge in [-0.2, -0.15) is 0 Å². The van der Waals surface area contributed by atoms with E-state index in [1.807, 2.05) is 0 Å². The molecule has 102 valence electrons. The molecule has 0 saturated heterocycles. The predicted molar refractivity (Wildman–Crippen MR) is 78.3 cm³/mol. The second-order valence-corrected chi connectivity index (χ2v) is 4.47. The molecule has 2 aromatic rings. The normalized spacial score (nSPS) is 10.1. The second kappa shape index (κ2) is 5.66. The van der Waals surface area contributed by atoms with Gasteiger partial charge in [-0.3, -0.25) is 4.79 Å². The summed E-state index contributed by atoms with van der Waals surface area (Å²) in [5.41, 5.74) is 6.16. The largest absolute Gasteiger partial charge is 0.507 e. The maximum absolute atomic E-state index is 13.5. The van der Waals surface area contributed by atoms with E-state index in [1.54, 1.807) is 24.3 Å². The summed E-state index contributed by atoms with van der Waals surface area (Å²) >= 11 is 4.81. The van der Waals surface area contributed by atoms with Crippen LogP contribution in [-0.4, -0.2) is 16.0 Å². The highest BCUT2D eigenvalue weighted by molar-refractivity contribution is 7.80. The molecular weight excluding hydrogens is 279 g/mol. The zero-order valence-corrected chi connectivity index (χ0v) is 11.1. The van der Waals surface area contributed by atoms with E-state index in [2.05, 4.69) is 5.32 Å². The lowest BCUT2D eigenvalue weighted by atomic mass is 10.1. The molecule has 1 amide bonds. The Morgan fingerprint density at radius 3 is 2.40 bits per heavy atom. The number of phenolic OH excluding ortho intramolecular Hbond substituents is 1. The van der Waals surface area contributed by atoms with Gasteiger partial charge in [0.1, 0.15) is 22.1 Å². The van der Waals surface area contributed by atoms with Crippen LogP contribution >= 0.6 is 12.2 Å². The van der Waals surface area contributed by atoms with Gasteiger partial charge in [-0.1, -0.05) is 18.3 Å². The van der Waals surface area contributed by atoms with Gasteiger partial charge in [-0.05, 0) is 36.4 Å². The van der Waals surface area contributed by atoms with E-state index in [4.69, 9.17) is 18.0 Å². The summed E-state index contributed by atoms with van der Waals surface area (Å²) in [6.45, 7) is 0. The number of thiocarbonyl (C=S) groups is 1. The van der Waals surface area contributed by atoms with Crippen molar-refractivity contribution in [3.63, 3.8) is 0 Å². The standard InChI is InChI=1S/C14H11FN2O2S/c15-10-2-1-3-11(18)12(10)14(19)17-9-6-4-8(5-7-9)13(16)20/h1-7,18H,(H2,16,20)(H,17,19). The van der Waals surface area contributed by atoms with E-state index in [9.17, 15) is 14.3 Å². The zero-order chi connectivity index (χ0) is 14.7. The fraction of sp³-hybridized carbons (Fsp3) is 0. The van der Waals surface area contributed by atoms with Crippen LogP contribution in [0.4, 0.5) is 10.1 Å². The quantitative estimate of drug-likeness (QED) is 0.759. The average Bonchev–Trinajstić information content (AvgIpc) is 2.39. The van der Waals surface area contributed by atoms with Crippen molar-refractivity contribution in [3.8, 4) is 5.75 Å². The topological polar surface area (TPSA) is 75.3 Å². The number of nitrogens with two attached hydrogens (primary N) is 1. The number of rotatable bonds is 3. The molecule has 20 heavy (non-hydrogen) atoms. The molecule has 4 N–H and O–H groups in total. The molecule has 0 atom stereocenters. The van der Waals surface area contributed by atoms with Gasteiger partial charge in [-0.25, -0.2) is 4.39 Å². The van der Waals surface area contributed by atoms with Crippen molar-refractivity contribution in [2.24, 2.45) is 5.73 Å². The number of phenols is 1. The number of hydrogen-bond acceptors (Lipinski definition) is 3. The molecule has 4 nitrogen and oxygen atoms in total. The van der Waals surface area contributed by atoms with Crippen LogP contribution in [0.1, 0.15) is 15.9 Å². The minimum absolute atomic E-state index is 0.245. The Morgan fingerprint density at radius 1 is 1.20 bits per heavy atom. The molecule has 0 unspecified atom stereocenters. The van der Waals surface area contributed by atoms with Gasteiger partial charge in [0.25, 0.3) is 5.91 Å². The molecule has 0 aliphatic heterocycles. The number of aromatic hydroxyl groups is 1. The van der Waals surface area contributed by atoms with Crippen molar-refractivity contribution in [3.05, 3.63) is 59.4 Å². The molecule has 0 aliphatic carbocycles. The first-order valence-electron chi connectivity index (χ1n) is 5.67. The van der Waals surface area contributed by atoms with Gasteiger partial charge in [0, 0.05) is 11.3 Å². The molecule has 0 aliphatic rings. The SMILES string of the molecule is NC(=S)c1ccc(NC(=O)c2c(O)cccc2F)cc1. The molecule has 2 aromatic carbocycles. The lowest BCUT2D eigenvalue weighted by Gasteiger charge is -2.08. The average molecular weight is 290 g/mol. The van der Waals surface area contributed by atoms with Crippen LogP contribution in [0, 0.1) is 5.82 Å². The number of amides is 1. The molecule has 0 bridgehead atoms. The minimum atomic E-state index is -0.790. The Bertz CT molecular complexity index is 651. The fourth-order valence-electron chi connectivity index (χ4n) is 1.65. The van der Waals surface area contributed by atoms with Crippen molar-refractivity contribution < 1.29 is 14.3 Å². The number of benzene rings is 2. The maximum Gasteiger partial charge on any atom is 0.262 e. The smallest absolute Gasteiger partial charge is 0.262 e. The third-order valence-electron chi connectivity index (χ3n) is 2.65. The van der Waals surface area contributed by atoms with Gasteiger partial charge < -0.3 is 16.2 Å². The van der Waals surface area contributed by atoms with Crippen molar-refractivity contribution in [1.29, 1.82) is 0 Å². The highest BCUT2D eigenvalue weighted by atomic mass is 32.1. The number of halogens is 1. The van der Waals surface area contributed by atoms with Crippen LogP contribution < -0.4 is 11.1 Å². The number of anilines is 1. The zero-order valence-electron chi connectivity index (χ0n) is 10.3. The van der Waals surface area contributed by atoms with Crippen LogP contribution in [0.15, 0.2) is 42.5 Å². The van der Waals surface area contributed by atoms with E-state index in [0.717, 1.165) is 6.07 Å². The van der Waals surface area contributed by atoms with Crippen LogP contribution in [0.5, 0.6) is 5.75 Å². The van der Waals surface area contributed by atoms with Crippen molar-refractivity contribution >= 4 is 28.8 Å². The molecule has 0 fully saturated rings. The molecular formula is C14H11FN2O2S. The number of carbonyl (C=O) groups excluding carboxylic acids is 1. The Labute approximate surface area is 120 Å². The molecule has 2 rings (SSSR count). The van der Waals surface area contributed by atoms with E-state index < -0.39 is 23.0 Å². The maximum atomic E-state index is 13.5. The number of nitrogens with one attached hydrogen (secondary N) is 1. The first-order chi connectivity index (χ1) is 9.49. The van der Waals surface area contributed by atoms with Crippen LogP contribution in [-0.2, 0) is 0 Å². The van der Waals surface area contributed by atoms with Crippen molar-refractivity contribution in [2.45, 2.75) is 0 Å². The summed E-state index contributed by atoms with van der Waals surface area (Å²) in [6, 6.07) is 10.1. The summed E-state index contributed by atoms with van der Waals surface area (Å²) in [6.07, 6.45) is 0. The predicted octanol–water partition coefficient (Wildman–Crippen LogP) is 2.42. The Balaban J connectivity index is 2.21. The molecule has 0 radical (unpaired) electrons. The number of carbonyl (C=O) groups is 1. The molecule has 0 spiro atoms. The lowest BCUT2D eigenvalue weighted by molar-refractivity contribution is 0.102. The highest BCUT2D eigenvalue weighted by Gasteiger charge is 2.16. The van der Waals surface area contributed by atoms with Crippen LogP contribution in [0.25, 0.3) is 0 Å². The van der Waals surface area contributed by atoms with Gasteiger partial charge >= 0.3 is 0 Å². The first kappa shape index (κ1) is 14.0. The van der Waals surface area contributed by atoms with E-state index in [0.29, 0.717) is 11.3 Å². The highest BCUT2D eigenvalue weighted by Crippen LogP contribution is 2.21. The third kappa shape index (κ3) is 2.92. The van der Waals surface area contributed by atoms with Gasteiger partial charge in [0.15, 0.2) is 0 Å². The molecule has 6 heteroatoms. The van der Waals surface area contributed by atoms with Gasteiger partial charge in [0.05, 0.1) is 0 Å². The molecule has 0 aromatic heterocycles. The summed E-state index contributed by atoms with van der Waals surface area (Å²) in [5.74, 6) is -1.94. The fourth-order valence-corrected chi connectivity index (χ4v) is 1.79. The summed E-state index contributed by atoms with van der Waals surface area (Å²) in [4.78, 5) is 12.2. The molecule has 0 saturated carbocycles. The summed E-state index contributed by atoms with van der Waals surface area (Å²) in [7, 11) is 0. The monoisotopic (exact) mass is 290 g/mol. The summed E-state index contributed by atoms with van der Waals surface area (Å²) in [5, 5.41) is 12.0. The van der Waals surface area contributed by atoms with E-state index in [-0.39, 0.29) is 4.99 Å². The first-order valence-corrected chi connectivity index (χ1v) is 6.08. The Hall–Kier alpha value is -2.47. The lowest BCUT2D eigenvalue weighted by Crippen LogP contribution is -2.14. The third-order valence-corrected chi connectivity index (χ3v) is 2.88.